The minimum Gasteiger partial charge on any atom is -0.396 e. The lowest BCUT2D eigenvalue weighted by Gasteiger charge is -2.34. The van der Waals surface area contributed by atoms with Gasteiger partial charge in [-0.3, -0.25) is 0 Å². The highest BCUT2D eigenvalue weighted by atomic mass is 32.2. The molecule has 2 nitrogen and oxygen atoms in total. The van der Waals surface area contributed by atoms with Crippen LogP contribution in [-0.4, -0.2) is 29.3 Å². The number of aliphatic hydroxyl groups is 1. The minimum atomic E-state index is 0.295. The molecule has 0 heterocycles. The Balaban J connectivity index is 2.07. The van der Waals surface area contributed by atoms with Crippen molar-refractivity contribution in [2.24, 2.45) is 5.92 Å². The summed E-state index contributed by atoms with van der Waals surface area (Å²) in [5.41, 5.74) is 2.99. The maximum Gasteiger partial charge on any atom is 0.0464 e. The lowest BCUT2D eigenvalue weighted by atomic mass is 9.87. The summed E-state index contributed by atoms with van der Waals surface area (Å²) >= 11 is 2.03. The van der Waals surface area contributed by atoms with Crippen LogP contribution in [0.5, 0.6) is 0 Å². The van der Waals surface area contributed by atoms with Crippen LogP contribution in [0.1, 0.15) is 43.9 Å². The van der Waals surface area contributed by atoms with Crippen molar-refractivity contribution in [1.29, 1.82) is 0 Å². The van der Waals surface area contributed by atoms with Gasteiger partial charge in [0.1, 0.15) is 0 Å². The molecule has 2 N–H and O–H groups in total. The smallest absolute Gasteiger partial charge is 0.0464 e. The molecular weight excluding hydrogens is 266 g/mol. The zero-order chi connectivity index (χ0) is 14.4. The van der Waals surface area contributed by atoms with Crippen LogP contribution in [0.2, 0.25) is 0 Å². The van der Waals surface area contributed by atoms with Gasteiger partial charge in [-0.15, -0.1) is 0 Å². The van der Waals surface area contributed by atoms with Gasteiger partial charge < -0.3 is 10.4 Å². The highest BCUT2D eigenvalue weighted by Crippen LogP contribution is 2.37. The summed E-state index contributed by atoms with van der Waals surface area (Å²) in [7, 11) is 0. The summed E-state index contributed by atoms with van der Waals surface area (Å²) in [5.74, 6) is 1.44. The topological polar surface area (TPSA) is 32.3 Å². The van der Waals surface area contributed by atoms with Gasteiger partial charge in [-0.05, 0) is 48.6 Å². The fourth-order valence-electron chi connectivity index (χ4n) is 2.79. The highest BCUT2D eigenvalue weighted by Gasteiger charge is 2.29. The summed E-state index contributed by atoms with van der Waals surface area (Å²) in [4.78, 5) is 0. The number of fused-ring (bicyclic) bond motifs is 1. The molecule has 3 atom stereocenters. The van der Waals surface area contributed by atoms with E-state index in [0.717, 1.165) is 12.3 Å². The molecule has 0 aliphatic heterocycles. The summed E-state index contributed by atoms with van der Waals surface area (Å²) in [5, 5.41) is 13.6. The zero-order valence-electron chi connectivity index (χ0n) is 12.6. The number of aliphatic hydroxyl groups excluding tert-OH is 1. The van der Waals surface area contributed by atoms with Gasteiger partial charge in [0.25, 0.3) is 0 Å². The normalized spacial score (nSPS) is 23.4. The first kappa shape index (κ1) is 15.9. The summed E-state index contributed by atoms with van der Waals surface area (Å²) < 4.78 is 0. The van der Waals surface area contributed by atoms with Crippen LogP contribution < -0.4 is 5.32 Å². The van der Waals surface area contributed by atoms with Crippen LogP contribution in [0.4, 0.5) is 0 Å². The number of benzene rings is 1. The van der Waals surface area contributed by atoms with Crippen LogP contribution in [0.3, 0.4) is 0 Å². The molecule has 1 aliphatic carbocycles. The Labute approximate surface area is 127 Å². The molecule has 20 heavy (non-hydrogen) atoms. The van der Waals surface area contributed by atoms with E-state index in [1.165, 1.54) is 30.4 Å². The first-order chi connectivity index (χ1) is 9.76. The van der Waals surface area contributed by atoms with Crippen LogP contribution in [0.15, 0.2) is 24.3 Å². The number of thioether (sulfide) groups is 1. The van der Waals surface area contributed by atoms with Crippen LogP contribution >= 0.6 is 11.8 Å². The van der Waals surface area contributed by atoms with E-state index in [1.807, 2.05) is 11.8 Å². The second-order valence-corrected chi connectivity index (χ2v) is 7.10. The van der Waals surface area contributed by atoms with Gasteiger partial charge >= 0.3 is 0 Å². The average molecular weight is 293 g/mol. The lowest BCUT2D eigenvalue weighted by molar-refractivity contribution is 0.250. The summed E-state index contributed by atoms with van der Waals surface area (Å²) in [6.45, 7) is 5.71. The number of hydrogen-bond acceptors (Lipinski definition) is 3. The Hall–Kier alpha value is -0.510. The maximum atomic E-state index is 9.20. The molecule has 1 aromatic carbocycles. The molecule has 0 bridgehead atoms. The summed E-state index contributed by atoms with van der Waals surface area (Å²) in [6, 6.07) is 9.33. The van der Waals surface area contributed by atoms with Crippen molar-refractivity contribution in [3.05, 3.63) is 35.4 Å². The molecular formula is C17H27NOS. The van der Waals surface area contributed by atoms with E-state index >= 15 is 0 Å². The van der Waals surface area contributed by atoms with Crippen molar-refractivity contribution in [1.82, 2.24) is 5.32 Å². The molecule has 2 rings (SSSR count). The molecule has 0 aromatic heterocycles. The van der Waals surface area contributed by atoms with Crippen LogP contribution in [0, 0.1) is 5.92 Å². The molecule has 1 aromatic rings. The van der Waals surface area contributed by atoms with Gasteiger partial charge in [0.2, 0.25) is 0 Å². The Morgan fingerprint density at radius 2 is 2.20 bits per heavy atom. The third-order valence-corrected chi connectivity index (χ3v) is 5.68. The number of hydrogen-bond donors (Lipinski definition) is 2. The Morgan fingerprint density at radius 1 is 1.40 bits per heavy atom. The Bertz CT molecular complexity index is 410. The first-order valence-electron chi connectivity index (χ1n) is 7.79. The second kappa shape index (κ2) is 8.06. The van der Waals surface area contributed by atoms with Gasteiger partial charge in [0, 0.05) is 17.9 Å². The number of nitrogens with one attached hydrogen (secondary N) is 1. The van der Waals surface area contributed by atoms with Gasteiger partial charge in [-0.25, -0.2) is 0 Å². The molecule has 0 saturated heterocycles. The molecule has 0 amide bonds. The standard InChI is InChI=1S/C17H27NOS/c1-3-10-18-17-15-7-5-4-6-14(15)8-9-16(17)20-12-13(2)11-19/h4-7,13,16-19H,3,8-12H2,1-2H3. The molecule has 0 saturated carbocycles. The van der Waals surface area contributed by atoms with Crippen molar-refractivity contribution >= 4 is 11.8 Å². The van der Waals surface area contributed by atoms with Gasteiger partial charge in [-0.1, -0.05) is 38.1 Å². The molecule has 3 heteroatoms. The molecule has 3 unspecified atom stereocenters. The van der Waals surface area contributed by atoms with Crippen molar-refractivity contribution in [3.63, 3.8) is 0 Å². The monoisotopic (exact) mass is 293 g/mol. The quantitative estimate of drug-likeness (QED) is 0.808. The van der Waals surface area contributed by atoms with Crippen molar-refractivity contribution in [2.45, 2.75) is 44.4 Å². The van der Waals surface area contributed by atoms with Gasteiger partial charge in [0.15, 0.2) is 0 Å². The fraction of sp³-hybridized carbons (Fsp3) is 0.647. The SMILES string of the molecule is CCCNC1c2ccccc2CCC1SCC(C)CO. The van der Waals surface area contributed by atoms with Crippen molar-refractivity contribution < 1.29 is 5.11 Å². The average Bonchev–Trinajstić information content (AvgIpc) is 2.50. The maximum absolute atomic E-state index is 9.20. The highest BCUT2D eigenvalue weighted by molar-refractivity contribution is 7.99. The predicted octanol–water partition coefficient (Wildman–Crippen LogP) is 3.40. The van der Waals surface area contributed by atoms with Gasteiger partial charge in [-0.2, -0.15) is 11.8 Å². The molecule has 0 spiro atoms. The lowest BCUT2D eigenvalue weighted by Crippen LogP contribution is -2.35. The molecule has 1 aliphatic rings. The molecule has 112 valence electrons. The minimum absolute atomic E-state index is 0.295. The van der Waals surface area contributed by atoms with E-state index in [9.17, 15) is 5.11 Å². The van der Waals surface area contributed by atoms with Crippen LogP contribution in [0.25, 0.3) is 0 Å². The third-order valence-electron chi connectivity index (χ3n) is 3.98. The zero-order valence-corrected chi connectivity index (χ0v) is 13.5. The first-order valence-corrected chi connectivity index (χ1v) is 8.84. The van der Waals surface area contributed by atoms with Gasteiger partial charge in [0.05, 0.1) is 0 Å². The second-order valence-electron chi connectivity index (χ2n) is 5.83. The third kappa shape index (κ3) is 4.00. The van der Waals surface area contributed by atoms with E-state index in [2.05, 4.69) is 43.4 Å². The van der Waals surface area contributed by atoms with E-state index in [1.54, 1.807) is 0 Å². The van der Waals surface area contributed by atoms with E-state index < -0.39 is 0 Å². The fourth-order valence-corrected chi connectivity index (χ4v) is 4.19. The van der Waals surface area contributed by atoms with Crippen molar-refractivity contribution in [3.8, 4) is 0 Å². The number of aryl methyl sites for hydroxylation is 1. The van der Waals surface area contributed by atoms with E-state index in [0.29, 0.717) is 23.8 Å². The van der Waals surface area contributed by atoms with E-state index in [4.69, 9.17) is 0 Å². The van der Waals surface area contributed by atoms with E-state index in [-0.39, 0.29) is 0 Å². The van der Waals surface area contributed by atoms with Crippen molar-refractivity contribution in [2.75, 3.05) is 18.9 Å². The summed E-state index contributed by atoms with van der Waals surface area (Å²) in [6.07, 6.45) is 3.59. The largest absolute Gasteiger partial charge is 0.396 e. The predicted molar refractivity (Wildman–Crippen MR) is 88.3 cm³/mol. The number of rotatable bonds is 7. The molecule has 0 fully saturated rings. The Morgan fingerprint density at radius 3 is 2.95 bits per heavy atom. The molecule has 0 radical (unpaired) electrons. The van der Waals surface area contributed by atoms with Crippen LogP contribution in [-0.2, 0) is 6.42 Å². The Kier molecular flexibility index (Phi) is 6.40.